The number of benzene rings is 2. The van der Waals surface area contributed by atoms with E-state index in [4.69, 9.17) is 0 Å². The van der Waals surface area contributed by atoms with E-state index < -0.39 is 0 Å². The Kier molecular flexibility index (Phi) is 7.92. The summed E-state index contributed by atoms with van der Waals surface area (Å²) < 4.78 is 0. The lowest BCUT2D eigenvalue weighted by molar-refractivity contribution is -0.125. The number of fused-ring (bicyclic) bond motifs is 1. The summed E-state index contributed by atoms with van der Waals surface area (Å²) in [6.07, 6.45) is 1.04. The molecule has 2 N–H and O–H groups in total. The number of carbonyl (C=O) groups excluding carboxylic acids is 3. The fourth-order valence-corrected chi connectivity index (χ4v) is 4.63. The highest BCUT2D eigenvalue weighted by atomic mass is 16.2. The fraction of sp³-hybridized carbons (Fsp3) is 0.423. The highest BCUT2D eigenvalue weighted by molar-refractivity contribution is 6.10. The van der Waals surface area contributed by atoms with Gasteiger partial charge in [-0.1, -0.05) is 42.5 Å². The Labute approximate surface area is 200 Å². The third-order valence-electron chi connectivity index (χ3n) is 6.46. The molecule has 2 aromatic rings. The third-order valence-corrected chi connectivity index (χ3v) is 6.46. The van der Waals surface area contributed by atoms with Crippen molar-refractivity contribution in [2.75, 3.05) is 56.5 Å². The maximum atomic E-state index is 12.7. The second-order valence-electron chi connectivity index (χ2n) is 8.97. The highest BCUT2D eigenvalue weighted by Gasteiger charge is 2.27. The second kappa shape index (κ2) is 11.3. The molecule has 1 fully saturated rings. The van der Waals surface area contributed by atoms with Crippen molar-refractivity contribution in [3.05, 3.63) is 60.2 Å². The van der Waals surface area contributed by atoms with Gasteiger partial charge in [0.05, 0.1) is 11.4 Å². The van der Waals surface area contributed by atoms with E-state index in [0.717, 1.165) is 32.6 Å². The number of nitrogens with zero attached hydrogens (tertiary/aromatic N) is 3. The van der Waals surface area contributed by atoms with E-state index in [9.17, 15) is 14.4 Å². The first-order valence-electron chi connectivity index (χ1n) is 11.9. The molecule has 8 heteroatoms. The van der Waals surface area contributed by atoms with Crippen molar-refractivity contribution in [3.63, 3.8) is 0 Å². The maximum Gasteiger partial charge on any atom is 0.244 e. The van der Waals surface area contributed by atoms with Crippen LogP contribution in [0.2, 0.25) is 0 Å². The van der Waals surface area contributed by atoms with Crippen molar-refractivity contribution >= 4 is 29.1 Å². The molecule has 2 aliphatic heterocycles. The molecule has 4 rings (SSSR count). The number of anilines is 2. The summed E-state index contributed by atoms with van der Waals surface area (Å²) in [5.74, 6) is -0.587. The topological polar surface area (TPSA) is 85.0 Å². The predicted molar refractivity (Wildman–Crippen MR) is 133 cm³/mol. The quantitative estimate of drug-likeness (QED) is 0.587. The molecule has 0 spiro atoms. The van der Waals surface area contributed by atoms with Gasteiger partial charge in [-0.25, -0.2) is 0 Å². The SMILES string of the molecule is CN1CCN(CCCNC(=O)CCC(=O)N2CC(=O)Nc3ccccc32)[C@H](c2ccccc2)C1. The number of hydrogen-bond acceptors (Lipinski definition) is 5. The first-order valence-corrected chi connectivity index (χ1v) is 11.9. The zero-order valence-electron chi connectivity index (χ0n) is 19.7. The monoisotopic (exact) mass is 463 g/mol. The third kappa shape index (κ3) is 6.01. The molecule has 1 atom stereocenters. The van der Waals surface area contributed by atoms with Gasteiger partial charge < -0.3 is 20.4 Å². The first-order chi connectivity index (χ1) is 16.5. The minimum atomic E-state index is -0.228. The van der Waals surface area contributed by atoms with Gasteiger partial charge in [0, 0.05) is 51.6 Å². The summed E-state index contributed by atoms with van der Waals surface area (Å²) >= 11 is 0. The minimum absolute atomic E-state index is 0.0227. The van der Waals surface area contributed by atoms with Gasteiger partial charge in [-0.05, 0) is 31.2 Å². The van der Waals surface area contributed by atoms with E-state index in [0.29, 0.717) is 24.0 Å². The lowest BCUT2D eigenvalue weighted by Crippen LogP contribution is -2.47. The number of carbonyl (C=O) groups is 3. The Morgan fingerprint density at radius 1 is 1.03 bits per heavy atom. The van der Waals surface area contributed by atoms with Crippen LogP contribution >= 0.6 is 0 Å². The second-order valence-corrected chi connectivity index (χ2v) is 8.97. The van der Waals surface area contributed by atoms with Crippen LogP contribution < -0.4 is 15.5 Å². The van der Waals surface area contributed by atoms with Gasteiger partial charge in [-0.2, -0.15) is 0 Å². The van der Waals surface area contributed by atoms with Crippen LogP contribution in [-0.4, -0.2) is 73.8 Å². The first kappa shape index (κ1) is 23.9. The van der Waals surface area contributed by atoms with Gasteiger partial charge in [0.1, 0.15) is 6.54 Å². The molecular weight excluding hydrogens is 430 g/mol. The molecule has 34 heavy (non-hydrogen) atoms. The molecule has 8 nitrogen and oxygen atoms in total. The minimum Gasteiger partial charge on any atom is -0.356 e. The van der Waals surface area contributed by atoms with Gasteiger partial charge in [0.15, 0.2) is 0 Å². The Hall–Kier alpha value is -3.23. The molecule has 2 aliphatic rings. The van der Waals surface area contributed by atoms with E-state index in [-0.39, 0.29) is 37.1 Å². The summed E-state index contributed by atoms with van der Waals surface area (Å²) in [6, 6.07) is 18.1. The van der Waals surface area contributed by atoms with E-state index in [1.807, 2.05) is 18.2 Å². The average molecular weight is 464 g/mol. The fourth-order valence-electron chi connectivity index (χ4n) is 4.63. The van der Waals surface area contributed by atoms with Gasteiger partial charge in [0.2, 0.25) is 17.7 Å². The molecule has 1 saturated heterocycles. The van der Waals surface area contributed by atoms with Crippen molar-refractivity contribution in [1.82, 2.24) is 15.1 Å². The Bertz CT molecular complexity index is 1010. The predicted octanol–water partition coefficient (Wildman–Crippen LogP) is 2.25. The smallest absolute Gasteiger partial charge is 0.244 e. The van der Waals surface area contributed by atoms with Crippen LogP contribution in [0, 0.1) is 0 Å². The van der Waals surface area contributed by atoms with Crippen LogP contribution in [0.1, 0.15) is 30.9 Å². The maximum absolute atomic E-state index is 12.7. The van der Waals surface area contributed by atoms with Crippen LogP contribution in [0.15, 0.2) is 54.6 Å². The van der Waals surface area contributed by atoms with Crippen LogP contribution in [0.5, 0.6) is 0 Å². The molecule has 0 aromatic heterocycles. The number of nitrogens with one attached hydrogen (secondary N) is 2. The van der Waals surface area contributed by atoms with Crippen LogP contribution in [0.3, 0.4) is 0 Å². The Morgan fingerprint density at radius 2 is 1.79 bits per heavy atom. The number of amides is 3. The summed E-state index contributed by atoms with van der Waals surface area (Å²) in [4.78, 5) is 43.3. The van der Waals surface area contributed by atoms with Crippen molar-refractivity contribution in [2.45, 2.75) is 25.3 Å². The molecule has 3 amide bonds. The molecule has 0 bridgehead atoms. The van der Waals surface area contributed by atoms with Crippen molar-refractivity contribution in [1.29, 1.82) is 0 Å². The van der Waals surface area contributed by atoms with Crippen LogP contribution in [0.4, 0.5) is 11.4 Å². The largest absolute Gasteiger partial charge is 0.356 e. The van der Waals surface area contributed by atoms with E-state index in [2.05, 4.69) is 51.7 Å². The lowest BCUT2D eigenvalue weighted by atomic mass is 10.0. The molecule has 0 aliphatic carbocycles. The standard InChI is InChI=1S/C26H33N5O3/c1-29-16-17-30(23(18-29)20-8-3-2-4-9-20)15-7-14-27-24(32)12-13-26(34)31-19-25(33)28-21-10-5-6-11-22(21)31/h2-6,8-11,23H,7,12-19H2,1H3,(H,27,32)(H,28,33)/t23-/m0/s1. The summed E-state index contributed by atoms with van der Waals surface area (Å²) in [5, 5.41) is 5.71. The molecule has 0 unspecified atom stereocenters. The number of piperazine rings is 1. The molecule has 0 saturated carbocycles. The van der Waals surface area contributed by atoms with Crippen molar-refractivity contribution in [2.24, 2.45) is 0 Å². The van der Waals surface area contributed by atoms with Gasteiger partial charge in [-0.3, -0.25) is 19.3 Å². The zero-order valence-corrected chi connectivity index (χ0v) is 19.7. The van der Waals surface area contributed by atoms with E-state index in [1.165, 1.54) is 10.5 Å². The molecular formula is C26H33N5O3. The van der Waals surface area contributed by atoms with Crippen molar-refractivity contribution in [3.8, 4) is 0 Å². The lowest BCUT2D eigenvalue weighted by Gasteiger charge is -2.40. The normalized spacial score (nSPS) is 18.8. The zero-order chi connectivity index (χ0) is 23.9. The Balaban J connectivity index is 1.20. The van der Waals surface area contributed by atoms with Gasteiger partial charge >= 0.3 is 0 Å². The highest BCUT2D eigenvalue weighted by Crippen LogP contribution is 2.29. The molecule has 180 valence electrons. The van der Waals surface area contributed by atoms with Gasteiger partial charge in [0.25, 0.3) is 0 Å². The molecule has 0 radical (unpaired) electrons. The van der Waals surface area contributed by atoms with Gasteiger partial charge in [-0.15, -0.1) is 0 Å². The summed E-state index contributed by atoms with van der Waals surface area (Å²) in [6.45, 7) is 4.50. The number of likely N-dealkylation sites (N-methyl/N-ethyl adjacent to an activating group) is 1. The number of hydrogen-bond donors (Lipinski definition) is 2. The summed E-state index contributed by atoms with van der Waals surface area (Å²) in [7, 11) is 2.16. The Morgan fingerprint density at radius 3 is 2.62 bits per heavy atom. The number of para-hydroxylation sites is 2. The summed E-state index contributed by atoms with van der Waals surface area (Å²) in [5.41, 5.74) is 2.62. The molecule has 2 heterocycles. The van der Waals surface area contributed by atoms with E-state index in [1.54, 1.807) is 12.1 Å². The van der Waals surface area contributed by atoms with Crippen LogP contribution in [0.25, 0.3) is 0 Å². The van der Waals surface area contributed by atoms with Crippen molar-refractivity contribution < 1.29 is 14.4 Å². The van der Waals surface area contributed by atoms with E-state index >= 15 is 0 Å². The van der Waals surface area contributed by atoms with Crippen LogP contribution in [-0.2, 0) is 14.4 Å². The number of rotatable bonds is 8. The molecule has 2 aromatic carbocycles. The average Bonchev–Trinajstić information content (AvgIpc) is 2.85.